The lowest BCUT2D eigenvalue weighted by Crippen LogP contribution is -2.27. The summed E-state index contributed by atoms with van der Waals surface area (Å²) in [6, 6.07) is 17.2. The molecular formula is C21H19N3O. The molecule has 2 aromatic carbocycles. The minimum absolute atomic E-state index is 0.171. The van der Waals surface area contributed by atoms with Gasteiger partial charge in [0.2, 0.25) is 5.91 Å². The Morgan fingerprint density at radius 2 is 1.96 bits per heavy atom. The quantitative estimate of drug-likeness (QED) is 0.575. The minimum atomic E-state index is -0.256. The van der Waals surface area contributed by atoms with Crippen molar-refractivity contribution in [3.05, 3.63) is 72.1 Å². The van der Waals surface area contributed by atoms with Gasteiger partial charge in [-0.05, 0) is 30.7 Å². The molecule has 0 radical (unpaired) electrons. The molecule has 1 aromatic heterocycles. The highest BCUT2D eigenvalue weighted by Crippen LogP contribution is 2.20. The number of nitrogens with one attached hydrogen (secondary N) is 1. The van der Waals surface area contributed by atoms with Crippen LogP contribution in [0.3, 0.4) is 0 Å². The number of hydrogen-bond acceptors (Lipinski definition) is 2. The Labute approximate surface area is 147 Å². The second-order valence-corrected chi connectivity index (χ2v) is 5.72. The molecule has 1 amide bonds. The van der Waals surface area contributed by atoms with Crippen LogP contribution in [0.4, 0.5) is 0 Å². The smallest absolute Gasteiger partial charge is 0.244 e. The molecule has 1 atom stereocenters. The van der Waals surface area contributed by atoms with Gasteiger partial charge in [-0.3, -0.25) is 4.79 Å². The van der Waals surface area contributed by atoms with E-state index in [2.05, 4.69) is 16.2 Å². The largest absolute Gasteiger partial charge is 0.343 e. The van der Waals surface area contributed by atoms with Crippen molar-refractivity contribution in [3.63, 3.8) is 0 Å². The number of benzene rings is 2. The lowest BCUT2D eigenvalue weighted by atomic mass is 10.2. The molecule has 4 nitrogen and oxygen atoms in total. The van der Waals surface area contributed by atoms with Crippen molar-refractivity contribution < 1.29 is 4.79 Å². The van der Waals surface area contributed by atoms with Crippen LogP contribution in [0.15, 0.2) is 60.7 Å². The molecule has 0 saturated heterocycles. The number of aromatic nitrogens is 2. The van der Waals surface area contributed by atoms with E-state index in [1.165, 1.54) is 6.08 Å². The number of rotatable bonds is 5. The third-order valence-electron chi connectivity index (χ3n) is 3.91. The van der Waals surface area contributed by atoms with E-state index in [1.54, 1.807) is 6.08 Å². The summed E-state index contributed by atoms with van der Waals surface area (Å²) in [5, 5.41) is 2.95. The van der Waals surface area contributed by atoms with Crippen molar-refractivity contribution in [2.45, 2.75) is 19.5 Å². The van der Waals surface area contributed by atoms with Crippen LogP contribution >= 0.6 is 0 Å². The summed E-state index contributed by atoms with van der Waals surface area (Å²) in [5.74, 6) is 3.23. The van der Waals surface area contributed by atoms with Crippen LogP contribution in [0.1, 0.15) is 24.4 Å². The third-order valence-corrected chi connectivity index (χ3v) is 3.91. The molecule has 124 valence electrons. The fourth-order valence-corrected chi connectivity index (χ4v) is 2.74. The molecule has 1 N–H and O–H groups in total. The van der Waals surface area contributed by atoms with E-state index >= 15 is 0 Å². The summed E-state index contributed by atoms with van der Waals surface area (Å²) < 4.78 is 1.96. The van der Waals surface area contributed by atoms with Crippen LogP contribution in [-0.2, 0) is 11.3 Å². The maximum atomic E-state index is 12.2. The topological polar surface area (TPSA) is 46.9 Å². The average Bonchev–Trinajstić information content (AvgIpc) is 3.00. The van der Waals surface area contributed by atoms with Crippen LogP contribution in [0, 0.1) is 12.3 Å². The van der Waals surface area contributed by atoms with Gasteiger partial charge in [0.15, 0.2) is 0 Å². The zero-order valence-electron chi connectivity index (χ0n) is 14.0. The Kier molecular flexibility index (Phi) is 4.96. The summed E-state index contributed by atoms with van der Waals surface area (Å²) in [5.41, 5.74) is 2.81. The van der Waals surface area contributed by atoms with Crippen molar-refractivity contribution in [1.82, 2.24) is 14.9 Å². The van der Waals surface area contributed by atoms with Gasteiger partial charge in [0.05, 0.1) is 23.6 Å². The van der Waals surface area contributed by atoms with Crippen LogP contribution in [0.2, 0.25) is 0 Å². The van der Waals surface area contributed by atoms with Crippen LogP contribution in [0.5, 0.6) is 0 Å². The number of imidazole rings is 1. The van der Waals surface area contributed by atoms with Crippen molar-refractivity contribution in [3.8, 4) is 12.3 Å². The molecule has 0 aliphatic rings. The van der Waals surface area contributed by atoms with E-state index in [9.17, 15) is 4.79 Å². The van der Waals surface area contributed by atoms with E-state index in [1.807, 2.05) is 66.1 Å². The fraction of sp³-hybridized carbons (Fsp3) is 0.143. The number of para-hydroxylation sites is 2. The van der Waals surface area contributed by atoms with Gasteiger partial charge in [-0.15, -0.1) is 6.42 Å². The molecule has 0 aliphatic heterocycles. The molecule has 0 saturated carbocycles. The Bertz CT molecular complexity index is 948. The number of hydrogen-bond donors (Lipinski definition) is 1. The van der Waals surface area contributed by atoms with Crippen molar-refractivity contribution in [2.24, 2.45) is 0 Å². The number of carbonyl (C=O) groups is 1. The first-order chi connectivity index (χ1) is 12.2. The highest BCUT2D eigenvalue weighted by molar-refractivity contribution is 5.92. The Hall–Kier alpha value is -3.32. The predicted molar refractivity (Wildman–Crippen MR) is 101 cm³/mol. The molecule has 1 unspecified atom stereocenters. The summed E-state index contributed by atoms with van der Waals surface area (Å²) in [4.78, 5) is 16.8. The number of carbonyl (C=O) groups excluding carboxylic acids is 1. The highest BCUT2D eigenvalue weighted by atomic mass is 16.1. The molecule has 25 heavy (non-hydrogen) atoms. The fourth-order valence-electron chi connectivity index (χ4n) is 2.74. The molecule has 0 spiro atoms. The van der Waals surface area contributed by atoms with E-state index < -0.39 is 0 Å². The van der Waals surface area contributed by atoms with Crippen LogP contribution in [0.25, 0.3) is 17.1 Å². The van der Waals surface area contributed by atoms with Crippen LogP contribution in [-0.4, -0.2) is 15.5 Å². The number of amides is 1. The first-order valence-corrected chi connectivity index (χ1v) is 8.11. The molecule has 0 aliphatic carbocycles. The molecule has 4 heteroatoms. The standard InChI is InChI=1S/C21H19N3O/c1-3-15-24-19-12-8-7-11-18(19)23-21(24)16(2)22-20(25)14-13-17-9-5-4-6-10-17/h1,4-14,16H,15H2,2H3,(H,22,25)/b14-13-. The zero-order valence-corrected chi connectivity index (χ0v) is 14.0. The number of nitrogens with zero attached hydrogens (tertiary/aromatic N) is 2. The molecule has 3 aromatic rings. The minimum Gasteiger partial charge on any atom is -0.343 e. The maximum Gasteiger partial charge on any atom is 0.244 e. The average molecular weight is 329 g/mol. The lowest BCUT2D eigenvalue weighted by Gasteiger charge is -2.14. The molecule has 0 fully saturated rings. The Morgan fingerprint density at radius 1 is 1.24 bits per heavy atom. The summed E-state index contributed by atoms with van der Waals surface area (Å²) >= 11 is 0. The Balaban J connectivity index is 1.79. The lowest BCUT2D eigenvalue weighted by molar-refractivity contribution is -0.117. The monoisotopic (exact) mass is 329 g/mol. The van der Waals surface area contributed by atoms with E-state index in [4.69, 9.17) is 6.42 Å². The summed E-state index contributed by atoms with van der Waals surface area (Å²) in [6.07, 6.45) is 8.81. The maximum absolute atomic E-state index is 12.2. The molecule has 0 bridgehead atoms. The second-order valence-electron chi connectivity index (χ2n) is 5.72. The molecule has 3 rings (SSSR count). The van der Waals surface area contributed by atoms with E-state index in [-0.39, 0.29) is 11.9 Å². The normalized spacial score (nSPS) is 12.2. The highest BCUT2D eigenvalue weighted by Gasteiger charge is 2.17. The van der Waals surface area contributed by atoms with Gasteiger partial charge < -0.3 is 9.88 Å². The summed E-state index contributed by atoms with van der Waals surface area (Å²) in [7, 11) is 0. The zero-order chi connectivity index (χ0) is 17.6. The third kappa shape index (κ3) is 3.78. The number of terminal acetylenes is 1. The van der Waals surface area contributed by atoms with Gasteiger partial charge in [-0.2, -0.15) is 0 Å². The van der Waals surface area contributed by atoms with E-state index in [0.29, 0.717) is 6.54 Å². The molecule has 1 heterocycles. The predicted octanol–water partition coefficient (Wildman–Crippen LogP) is 3.56. The number of fused-ring (bicyclic) bond motifs is 1. The van der Waals surface area contributed by atoms with Gasteiger partial charge in [-0.1, -0.05) is 48.4 Å². The first kappa shape index (κ1) is 16.5. The molecular weight excluding hydrogens is 310 g/mol. The van der Waals surface area contributed by atoms with Gasteiger partial charge >= 0.3 is 0 Å². The van der Waals surface area contributed by atoms with Gasteiger partial charge in [0.1, 0.15) is 5.82 Å². The van der Waals surface area contributed by atoms with Crippen molar-refractivity contribution >= 4 is 23.0 Å². The summed E-state index contributed by atoms with van der Waals surface area (Å²) in [6.45, 7) is 2.32. The van der Waals surface area contributed by atoms with Crippen molar-refractivity contribution in [2.75, 3.05) is 0 Å². The second kappa shape index (κ2) is 7.50. The first-order valence-electron chi connectivity index (χ1n) is 8.11. The Morgan fingerprint density at radius 3 is 2.72 bits per heavy atom. The van der Waals surface area contributed by atoms with E-state index in [0.717, 1.165) is 22.4 Å². The van der Waals surface area contributed by atoms with Gasteiger partial charge in [-0.25, -0.2) is 4.98 Å². The van der Waals surface area contributed by atoms with Gasteiger partial charge in [0.25, 0.3) is 0 Å². The van der Waals surface area contributed by atoms with Gasteiger partial charge in [0, 0.05) is 6.08 Å². The SMILES string of the molecule is C#CCn1c(C(C)NC(=O)/C=C\c2ccccc2)nc2ccccc21. The van der Waals surface area contributed by atoms with Crippen molar-refractivity contribution in [1.29, 1.82) is 0 Å². The van der Waals surface area contributed by atoms with Crippen LogP contribution < -0.4 is 5.32 Å².